The smallest absolute Gasteiger partial charge is 0.217 e. The average Bonchev–Trinajstić information content (AvgIpc) is 2.77. The third-order valence-electron chi connectivity index (χ3n) is 6.57. The number of ether oxygens (including phenoxy) is 2. The molecule has 0 radical (unpaired) electrons. The first-order chi connectivity index (χ1) is 15.3. The zero-order valence-electron chi connectivity index (χ0n) is 19.4. The molecule has 1 aromatic rings. The van der Waals surface area contributed by atoms with E-state index in [1.54, 1.807) is 20.0 Å². The van der Waals surface area contributed by atoms with Crippen molar-refractivity contribution in [3.8, 4) is 5.88 Å². The summed E-state index contributed by atoms with van der Waals surface area (Å²) in [7, 11) is -3.31. The van der Waals surface area contributed by atoms with Gasteiger partial charge in [0.1, 0.15) is 6.61 Å². The van der Waals surface area contributed by atoms with Gasteiger partial charge in [0.25, 0.3) is 0 Å². The normalized spacial score (nSPS) is 26.8. The molecule has 1 aliphatic heterocycles. The van der Waals surface area contributed by atoms with Crippen LogP contribution in [-0.2, 0) is 19.6 Å². The molecule has 2 fully saturated rings. The first-order valence-corrected chi connectivity index (χ1v) is 13.2. The maximum absolute atomic E-state index is 12.3. The van der Waals surface area contributed by atoms with Crippen LogP contribution in [0.2, 0.25) is 0 Å². The molecule has 1 aromatic heterocycles. The van der Waals surface area contributed by atoms with Gasteiger partial charge in [-0.1, -0.05) is 0 Å². The van der Waals surface area contributed by atoms with Gasteiger partial charge in [0.05, 0.1) is 18.0 Å². The molecule has 0 bridgehead atoms. The number of hydrogen-bond acceptors (Lipinski definition) is 7. The van der Waals surface area contributed by atoms with Crippen LogP contribution >= 0.6 is 0 Å². The number of nitrogens with zero attached hydrogens (tertiary/aromatic N) is 1. The highest BCUT2D eigenvalue weighted by Gasteiger charge is 2.32. The van der Waals surface area contributed by atoms with Crippen molar-refractivity contribution in [1.82, 2.24) is 15.0 Å². The molecule has 2 N–H and O–H groups in total. The standard InChI is InChI=1S/C23H37N3O5S/c1-16(2)32(28,29)26-20-5-4-11-24-21(20)15-31-19-8-6-18(7-9-19)22-17(3)10-12-25-23(22)30-14-13-27/h10,12-13,16,18-21,24,26H,4-9,11,14-15H2,1-3H3/t18?,19?,20-,21-/m0/s1. The van der Waals surface area contributed by atoms with Crippen LogP contribution in [0.3, 0.4) is 0 Å². The van der Waals surface area contributed by atoms with Gasteiger partial charge in [-0.05, 0) is 83.4 Å². The predicted octanol–water partition coefficient (Wildman–Crippen LogP) is 2.46. The summed E-state index contributed by atoms with van der Waals surface area (Å²) in [5, 5.41) is 2.99. The summed E-state index contributed by atoms with van der Waals surface area (Å²) in [6, 6.07) is 1.83. The van der Waals surface area contributed by atoms with Crippen LogP contribution in [0.4, 0.5) is 0 Å². The van der Waals surface area contributed by atoms with Crippen molar-refractivity contribution in [3.63, 3.8) is 0 Å². The van der Waals surface area contributed by atoms with Crippen LogP contribution in [0.25, 0.3) is 0 Å². The highest BCUT2D eigenvalue weighted by atomic mass is 32.2. The van der Waals surface area contributed by atoms with Crippen molar-refractivity contribution in [1.29, 1.82) is 0 Å². The molecule has 3 rings (SSSR count). The number of aromatic nitrogens is 1. The fraction of sp³-hybridized carbons (Fsp3) is 0.739. The number of rotatable bonds is 10. The summed E-state index contributed by atoms with van der Waals surface area (Å²) in [5.74, 6) is 0.900. The second-order valence-electron chi connectivity index (χ2n) is 9.15. The fourth-order valence-electron chi connectivity index (χ4n) is 4.64. The number of carbonyl (C=O) groups is 1. The Balaban J connectivity index is 1.53. The lowest BCUT2D eigenvalue weighted by Gasteiger charge is -2.35. The first kappa shape index (κ1) is 25.1. The van der Waals surface area contributed by atoms with Crippen LogP contribution in [0.15, 0.2) is 12.3 Å². The van der Waals surface area contributed by atoms with Gasteiger partial charge in [-0.2, -0.15) is 0 Å². The molecule has 2 atom stereocenters. The highest BCUT2D eigenvalue weighted by molar-refractivity contribution is 7.90. The predicted molar refractivity (Wildman–Crippen MR) is 123 cm³/mol. The monoisotopic (exact) mass is 467 g/mol. The third kappa shape index (κ3) is 6.50. The van der Waals surface area contributed by atoms with Crippen LogP contribution in [0, 0.1) is 6.92 Å². The van der Waals surface area contributed by atoms with Crippen LogP contribution in [0.5, 0.6) is 5.88 Å². The van der Waals surface area contributed by atoms with Gasteiger partial charge in [-0.3, -0.25) is 4.79 Å². The number of pyridine rings is 1. The molecule has 32 heavy (non-hydrogen) atoms. The third-order valence-corrected chi connectivity index (χ3v) is 8.45. The minimum absolute atomic E-state index is 0.0119. The van der Waals surface area contributed by atoms with Gasteiger partial charge >= 0.3 is 0 Å². The summed E-state index contributed by atoms with van der Waals surface area (Å²) in [6.45, 7) is 6.84. The Bertz CT molecular complexity index is 853. The van der Waals surface area contributed by atoms with E-state index >= 15 is 0 Å². The number of piperidine rings is 1. The molecule has 0 amide bonds. The van der Waals surface area contributed by atoms with Crippen molar-refractivity contribution in [2.45, 2.75) is 88.7 Å². The lowest BCUT2D eigenvalue weighted by molar-refractivity contribution is -0.109. The van der Waals surface area contributed by atoms with Crippen molar-refractivity contribution in [3.05, 3.63) is 23.4 Å². The quantitative estimate of drug-likeness (QED) is 0.509. The summed E-state index contributed by atoms with van der Waals surface area (Å²) in [6.07, 6.45) is 8.19. The van der Waals surface area contributed by atoms with Gasteiger partial charge in [-0.25, -0.2) is 18.1 Å². The van der Waals surface area contributed by atoms with Crippen molar-refractivity contribution < 1.29 is 22.7 Å². The van der Waals surface area contributed by atoms with Gasteiger partial charge < -0.3 is 14.8 Å². The number of nitrogens with one attached hydrogen (secondary N) is 2. The molecule has 2 heterocycles. The topological polar surface area (TPSA) is 107 Å². The van der Waals surface area contributed by atoms with Gasteiger partial charge in [-0.15, -0.1) is 0 Å². The minimum Gasteiger partial charge on any atom is -0.470 e. The molecule has 0 aromatic carbocycles. The van der Waals surface area contributed by atoms with E-state index in [1.165, 1.54) is 0 Å². The minimum atomic E-state index is -3.31. The molecule has 1 saturated heterocycles. The van der Waals surface area contributed by atoms with Crippen molar-refractivity contribution >= 4 is 16.3 Å². The summed E-state index contributed by atoms with van der Waals surface area (Å²) >= 11 is 0. The Labute approximate surface area is 191 Å². The average molecular weight is 468 g/mol. The van der Waals surface area contributed by atoms with Crippen LogP contribution in [0.1, 0.15) is 69.4 Å². The zero-order chi connectivity index (χ0) is 23.1. The molecule has 0 spiro atoms. The maximum atomic E-state index is 12.3. The molecular weight excluding hydrogens is 430 g/mol. The lowest BCUT2D eigenvalue weighted by Crippen LogP contribution is -2.56. The Morgan fingerprint density at radius 1 is 1.25 bits per heavy atom. The molecule has 9 heteroatoms. The first-order valence-electron chi connectivity index (χ1n) is 11.7. The summed E-state index contributed by atoms with van der Waals surface area (Å²) < 4.78 is 39.3. The van der Waals surface area contributed by atoms with E-state index in [-0.39, 0.29) is 24.8 Å². The van der Waals surface area contributed by atoms with E-state index in [1.807, 2.05) is 6.07 Å². The maximum Gasteiger partial charge on any atom is 0.217 e. The Morgan fingerprint density at radius 2 is 2.00 bits per heavy atom. The highest BCUT2D eigenvalue weighted by Crippen LogP contribution is 2.39. The summed E-state index contributed by atoms with van der Waals surface area (Å²) in [5.41, 5.74) is 2.24. The molecular formula is C23H37N3O5S. The van der Waals surface area contributed by atoms with Gasteiger partial charge in [0, 0.05) is 23.8 Å². The number of hydrogen-bond donors (Lipinski definition) is 2. The van der Waals surface area contributed by atoms with E-state index in [0.29, 0.717) is 18.4 Å². The zero-order valence-corrected chi connectivity index (χ0v) is 20.2. The van der Waals surface area contributed by atoms with Crippen molar-refractivity contribution in [2.24, 2.45) is 0 Å². The molecule has 1 aliphatic carbocycles. The second kappa shape index (κ2) is 11.5. The fourth-order valence-corrected chi connectivity index (χ4v) is 5.62. The second-order valence-corrected chi connectivity index (χ2v) is 11.4. The van der Waals surface area contributed by atoms with Crippen LogP contribution < -0.4 is 14.8 Å². The molecule has 8 nitrogen and oxygen atoms in total. The molecule has 180 valence electrons. The number of sulfonamides is 1. The van der Waals surface area contributed by atoms with Gasteiger partial charge in [0.15, 0.2) is 6.29 Å². The van der Waals surface area contributed by atoms with Crippen molar-refractivity contribution in [2.75, 3.05) is 19.8 Å². The number of carbonyl (C=O) groups excluding carboxylic acids is 1. The van der Waals surface area contributed by atoms with E-state index in [4.69, 9.17) is 9.47 Å². The van der Waals surface area contributed by atoms with E-state index in [2.05, 4.69) is 21.9 Å². The van der Waals surface area contributed by atoms with E-state index in [0.717, 1.165) is 62.5 Å². The lowest BCUT2D eigenvalue weighted by atomic mass is 9.81. The van der Waals surface area contributed by atoms with E-state index < -0.39 is 15.3 Å². The number of aldehydes is 1. The summed E-state index contributed by atoms with van der Waals surface area (Å²) in [4.78, 5) is 15.1. The Kier molecular flexibility index (Phi) is 9.04. The van der Waals surface area contributed by atoms with E-state index in [9.17, 15) is 13.2 Å². The van der Waals surface area contributed by atoms with Crippen LogP contribution in [-0.4, -0.2) is 62.9 Å². The molecule has 0 unspecified atom stereocenters. The molecule has 1 saturated carbocycles. The SMILES string of the molecule is Cc1ccnc(OCC=O)c1C1CCC(OC[C@@H]2NCCC[C@@H]2NS(=O)(=O)C(C)C)CC1. The Morgan fingerprint density at radius 3 is 2.69 bits per heavy atom. The Hall–Kier alpha value is -1.55. The number of aryl methyl sites for hydroxylation is 1. The largest absolute Gasteiger partial charge is 0.470 e. The molecule has 2 aliphatic rings. The van der Waals surface area contributed by atoms with Gasteiger partial charge in [0.2, 0.25) is 15.9 Å².